The van der Waals surface area contributed by atoms with Crippen molar-refractivity contribution in [3.8, 4) is 5.75 Å². The van der Waals surface area contributed by atoms with Crippen LogP contribution in [0.4, 0.5) is 0 Å². The molecule has 1 aliphatic rings. The molecule has 0 bridgehead atoms. The van der Waals surface area contributed by atoms with Crippen LogP contribution in [0.15, 0.2) is 18.2 Å². The Hall–Kier alpha value is -1.30. The molecular weight excluding hydrogens is 350 g/mol. The molecule has 0 radical (unpaired) electrons. The van der Waals surface area contributed by atoms with Gasteiger partial charge in [0.15, 0.2) is 6.10 Å². The average Bonchev–Trinajstić information content (AvgIpc) is 2.59. The normalized spacial score (nSPS) is 16.0. The quantitative estimate of drug-likeness (QED) is 0.678. The van der Waals surface area contributed by atoms with Crippen LogP contribution >= 0.6 is 12.4 Å². The van der Waals surface area contributed by atoms with Crippen molar-refractivity contribution in [2.24, 2.45) is 0 Å². The van der Waals surface area contributed by atoms with Gasteiger partial charge in [-0.2, -0.15) is 0 Å². The summed E-state index contributed by atoms with van der Waals surface area (Å²) >= 11 is 0. The van der Waals surface area contributed by atoms with Crippen LogP contribution in [0.1, 0.15) is 44.2 Å². The van der Waals surface area contributed by atoms with Crippen molar-refractivity contribution in [1.82, 2.24) is 15.5 Å². The number of nitrogens with zero attached hydrogens (tertiary/aromatic N) is 1. The third kappa shape index (κ3) is 7.14. The van der Waals surface area contributed by atoms with Crippen molar-refractivity contribution in [2.45, 2.75) is 46.1 Å². The molecule has 0 aliphatic carbocycles. The van der Waals surface area contributed by atoms with Crippen LogP contribution in [-0.2, 0) is 4.79 Å². The van der Waals surface area contributed by atoms with E-state index in [9.17, 15) is 4.79 Å². The van der Waals surface area contributed by atoms with Gasteiger partial charge in [-0.3, -0.25) is 4.79 Å². The fraction of sp³-hybridized carbons (Fsp3) is 0.650. The molecule has 1 aliphatic heterocycles. The van der Waals surface area contributed by atoms with Crippen molar-refractivity contribution < 1.29 is 9.53 Å². The number of rotatable bonds is 8. The second-order valence-corrected chi connectivity index (χ2v) is 7.19. The molecule has 5 nitrogen and oxygen atoms in total. The summed E-state index contributed by atoms with van der Waals surface area (Å²) in [5, 5.41) is 6.35. The Labute approximate surface area is 164 Å². The highest BCUT2D eigenvalue weighted by molar-refractivity contribution is 5.85. The summed E-state index contributed by atoms with van der Waals surface area (Å²) in [6.45, 7) is 14.2. The van der Waals surface area contributed by atoms with E-state index in [1.54, 1.807) is 0 Å². The van der Waals surface area contributed by atoms with Crippen molar-refractivity contribution in [2.75, 3.05) is 39.3 Å². The van der Waals surface area contributed by atoms with E-state index in [0.717, 1.165) is 56.0 Å². The van der Waals surface area contributed by atoms with Crippen molar-refractivity contribution >= 4 is 18.3 Å². The molecular formula is C20H34ClN3O2. The van der Waals surface area contributed by atoms with E-state index in [1.165, 1.54) is 0 Å². The van der Waals surface area contributed by atoms with E-state index >= 15 is 0 Å². The fourth-order valence-corrected chi connectivity index (χ4v) is 3.06. The maximum atomic E-state index is 12.3. The summed E-state index contributed by atoms with van der Waals surface area (Å²) in [6.07, 6.45) is 0.485. The van der Waals surface area contributed by atoms with Gasteiger partial charge in [-0.05, 0) is 49.9 Å². The highest BCUT2D eigenvalue weighted by Gasteiger charge is 2.17. The lowest BCUT2D eigenvalue weighted by atomic mass is 10.0. The molecule has 1 aromatic carbocycles. The van der Waals surface area contributed by atoms with Gasteiger partial charge in [-0.1, -0.05) is 26.0 Å². The largest absolute Gasteiger partial charge is 0.481 e. The zero-order chi connectivity index (χ0) is 18.2. The molecule has 1 fully saturated rings. The zero-order valence-corrected chi connectivity index (χ0v) is 17.3. The number of halogens is 1. The summed E-state index contributed by atoms with van der Waals surface area (Å²) in [5.41, 5.74) is 2.28. The smallest absolute Gasteiger partial charge is 0.260 e. The van der Waals surface area contributed by atoms with Crippen LogP contribution in [0.2, 0.25) is 0 Å². The van der Waals surface area contributed by atoms with Crippen LogP contribution in [0.3, 0.4) is 0 Å². The number of piperazine rings is 1. The van der Waals surface area contributed by atoms with Gasteiger partial charge in [0.2, 0.25) is 0 Å². The van der Waals surface area contributed by atoms with E-state index in [1.807, 2.05) is 19.9 Å². The number of benzene rings is 1. The van der Waals surface area contributed by atoms with Crippen LogP contribution in [0.25, 0.3) is 0 Å². The first-order valence-electron chi connectivity index (χ1n) is 9.45. The first kappa shape index (κ1) is 22.7. The summed E-state index contributed by atoms with van der Waals surface area (Å²) in [4.78, 5) is 14.7. The van der Waals surface area contributed by atoms with Crippen molar-refractivity contribution in [3.05, 3.63) is 29.3 Å². The van der Waals surface area contributed by atoms with Gasteiger partial charge < -0.3 is 20.3 Å². The van der Waals surface area contributed by atoms with E-state index in [2.05, 4.69) is 41.5 Å². The monoisotopic (exact) mass is 383 g/mol. The fourth-order valence-electron chi connectivity index (χ4n) is 3.06. The Bertz CT molecular complexity index is 560. The maximum Gasteiger partial charge on any atom is 0.260 e. The molecule has 0 aromatic heterocycles. The number of amides is 1. The highest BCUT2D eigenvalue weighted by Crippen LogP contribution is 2.28. The Kier molecular flexibility index (Phi) is 9.99. The first-order valence-corrected chi connectivity index (χ1v) is 9.45. The number of hydrogen-bond donors (Lipinski definition) is 2. The molecule has 1 saturated heterocycles. The zero-order valence-electron chi connectivity index (χ0n) is 16.5. The lowest BCUT2D eigenvalue weighted by Crippen LogP contribution is -2.44. The summed E-state index contributed by atoms with van der Waals surface area (Å²) in [7, 11) is 0. The summed E-state index contributed by atoms with van der Waals surface area (Å²) in [6, 6.07) is 6.19. The Balaban J connectivity index is 0.00000338. The average molecular weight is 384 g/mol. The summed E-state index contributed by atoms with van der Waals surface area (Å²) in [5.74, 6) is 1.14. The second-order valence-electron chi connectivity index (χ2n) is 7.19. The van der Waals surface area contributed by atoms with Gasteiger partial charge in [-0.15, -0.1) is 12.4 Å². The molecule has 1 unspecified atom stereocenters. The number of aryl methyl sites for hydroxylation is 1. The van der Waals surface area contributed by atoms with Gasteiger partial charge in [0.05, 0.1) is 0 Å². The predicted octanol–water partition coefficient (Wildman–Crippen LogP) is 2.72. The Morgan fingerprint density at radius 2 is 1.96 bits per heavy atom. The Morgan fingerprint density at radius 3 is 2.62 bits per heavy atom. The molecule has 1 heterocycles. The van der Waals surface area contributed by atoms with E-state index in [4.69, 9.17) is 4.74 Å². The first-order chi connectivity index (χ1) is 12.0. The number of ether oxygens (including phenoxy) is 1. The van der Waals surface area contributed by atoms with Crippen molar-refractivity contribution in [1.29, 1.82) is 0 Å². The number of carbonyl (C=O) groups is 1. The molecule has 148 valence electrons. The molecule has 2 N–H and O–H groups in total. The maximum absolute atomic E-state index is 12.3. The van der Waals surface area contributed by atoms with E-state index in [-0.39, 0.29) is 18.3 Å². The minimum absolute atomic E-state index is 0. The molecule has 1 atom stereocenters. The third-order valence-corrected chi connectivity index (χ3v) is 4.62. The second kappa shape index (κ2) is 11.4. The number of carbonyl (C=O) groups excluding carboxylic acids is 1. The molecule has 0 spiro atoms. The third-order valence-electron chi connectivity index (χ3n) is 4.62. The lowest BCUT2D eigenvalue weighted by molar-refractivity contribution is -0.127. The van der Waals surface area contributed by atoms with Crippen LogP contribution in [0, 0.1) is 6.92 Å². The SMILES string of the molecule is Cc1ccc(C(C)C)c(OC(C)C(=O)NCCCN2CCNCC2)c1.Cl. The molecule has 6 heteroatoms. The Morgan fingerprint density at radius 1 is 1.27 bits per heavy atom. The predicted molar refractivity (Wildman–Crippen MR) is 110 cm³/mol. The van der Waals surface area contributed by atoms with Crippen LogP contribution in [-0.4, -0.2) is 56.2 Å². The van der Waals surface area contributed by atoms with Crippen molar-refractivity contribution in [3.63, 3.8) is 0 Å². The van der Waals surface area contributed by atoms with E-state index < -0.39 is 6.10 Å². The number of hydrogen-bond acceptors (Lipinski definition) is 4. The standard InChI is InChI=1S/C20H33N3O2.ClH/c1-15(2)18-7-6-16(3)14-19(18)25-17(4)20(24)22-8-5-11-23-12-9-21-10-13-23;/h6-7,14-15,17,21H,5,8-13H2,1-4H3,(H,22,24);1H. The minimum atomic E-state index is -0.488. The highest BCUT2D eigenvalue weighted by atomic mass is 35.5. The topological polar surface area (TPSA) is 53.6 Å². The van der Waals surface area contributed by atoms with Gasteiger partial charge >= 0.3 is 0 Å². The molecule has 1 aromatic rings. The molecule has 26 heavy (non-hydrogen) atoms. The molecule has 2 rings (SSSR count). The molecule has 0 saturated carbocycles. The lowest BCUT2D eigenvalue weighted by Gasteiger charge is -2.27. The van der Waals surface area contributed by atoms with Gasteiger partial charge in [-0.25, -0.2) is 0 Å². The van der Waals surface area contributed by atoms with Crippen LogP contribution in [0.5, 0.6) is 5.75 Å². The van der Waals surface area contributed by atoms with Crippen LogP contribution < -0.4 is 15.4 Å². The number of nitrogens with one attached hydrogen (secondary N) is 2. The minimum Gasteiger partial charge on any atom is -0.481 e. The summed E-state index contributed by atoms with van der Waals surface area (Å²) < 4.78 is 5.97. The molecule has 1 amide bonds. The van der Waals surface area contributed by atoms with E-state index in [0.29, 0.717) is 12.5 Å². The van der Waals surface area contributed by atoms with Gasteiger partial charge in [0, 0.05) is 32.7 Å². The van der Waals surface area contributed by atoms with Gasteiger partial charge in [0.25, 0.3) is 5.91 Å². The van der Waals surface area contributed by atoms with Gasteiger partial charge in [0.1, 0.15) is 5.75 Å².